The van der Waals surface area contributed by atoms with Crippen molar-refractivity contribution >= 4 is 17.2 Å². The number of methoxy groups -OCH3 is 1. The summed E-state index contributed by atoms with van der Waals surface area (Å²) in [5.74, 6) is 1.87. The number of hydrogen-bond donors (Lipinski definition) is 0. The van der Waals surface area contributed by atoms with Crippen LogP contribution in [0.3, 0.4) is 0 Å². The second kappa shape index (κ2) is 13.5. The number of benzene rings is 1. The Morgan fingerprint density at radius 3 is 2.47 bits per heavy atom. The number of amidine groups is 1. The summed E-state index contributed by atoms with van der Waals surface area (Å²) in [4.78, 5) is 9.10. The smallest absolute Gasteiger partial charge is 0.191 e. The summed E-state index contributed by atoms with van der Waals surface area (Å²) in [6.07, 6.45) is 14.5. The average Bonchev–Trinajstić information content (AvgIpc) is 3.27. The molecule has 5 rings (SSSR count). The number of halogens is 1. The van der Waals surface area contributed by atoms with Crippen molar-refractivity contribution in [3.05, 3.63) is 102 Å². The number of aryl methyl sites for hydroxylation is 1. The Morgan fingerprint density at radius 2 is 1.82 bits per heavy atom. The minimum absolute atomic E-state index is 0.266. The lowest BCUT2D eigenvalue weighted by Gasteiger charge is -2.41. The summed E-state index contributed by atoms with van der Waals surface area (Å²) in [6.45, 7) is 13.0. The molecule has 38 heavy (non-hydrogen) atoms. The Balaban J connectivity index is 0.000000956. The number of hydrazine groups is 1. The number of imidazole rings is 1. The van der Waals surface area contributed by atoms with E-state index in [1.165, 1.54) is 12.1 Å². The quantitative estimate of drug-likeness (QED) is 0.436. The van der Waals surface area contributed by atoms with Gasteiger partial charge in [-0.25, -0.2) is 14.4 Å². The summed E-state index contributed by atoms with van der Waals surface area (Å²) in [5.41, 5.74) is 4.57. The van der Waals surface area contributed by atoms with Gasteiger partial charge in [0.05, 0.1) is 42.8 Å². The number of aliphatic imine (C=N–C) groups is 1. The lowest BCUT2D eigenvalue weighted by molar-refractivity contribution is 0.166. The molecular weight excluding hydrogens is 481 g/mol. The van der Waals surface area contributed by atoms with Crippen LogP contribution in [-0.2, 0) is 9.47 Å². The third kappa shape index (κ3) is 6.43. The highest BCUT2D eigenvalue weighted by Gasteiger charge is 2.30. The topological polar surface area (TPSA) is 55.1 Å². The third-order valence-electron chi connectivity index (χ3n) is 5.71. The van der Waals surface area contributed by atoms with E-state index in [4.69, 9.17) is 14.5 Å². The minimum Gasteiger partial charge on any atom is -0.495 e. The van der Waals surface area contributed by atoms with Crippen LogP contribution in [0.5, 0.6) is 0 Å². The Morgan fingerprint density at radius 1 is 1.08 bits per heavy atom. The van der Waals surface area contributed by atoms with Crippen molar-refractivity contribution in [2.24, 2.45) is 4.99 Å². The first-order valence-electron chi connectivity index (χ1n) is 13.1. The van der Waals surface area contributed by atoms with E-state index in [9.17, 15) is 4.39 Å². The number of fused-ring (bicyclic) bond motifs is 1. The van der Waals surface area contributed by atoms with Gasteiger partial charge in [0, 0.05) is 18.8 Å². The predicted octanol–water partition coefficient (Wildman–Crippen LogP) is 7.00. The number of aromatic nitrogens is 2. The van der Waals surface area contributed by atoms with E-state index < -0.39 is 0 Å². The summed E-state index contributed by atoms with van der Waals surface area (Å²) in [6, 6.07) is 6.43. The molecule has 202 valence electrons. The van der Waals surface area contributed by atoms with Gasteiger partial charge in [0.2, 0.25) is 0 Å². The van der Waals surface area contributed by atoms with Crippen LogP contribution in [-0.4, -0.2) is 40.7 Å². The molecule has 0 amide bonds. The first-order valence-corrected chi connectivity index (χ1v) is 13.1. The molecule has 1 aromatic carbocycles. The fraction of sp³-hybridized carbons (Fsp3) is 0.333. The predicted molar refractivity (Wildman–Crippen MR) is 153 cm³/mol. The van der Waals surface area contributed by atoms with Crippen LogP contribution in [0.4, 0.5) is 10.1 Å². The molecule has 0 atom stereocenters. The van der Waals surface area contributed by atoms with Gasteiger partial charge in [0.25, 0.3) is 0 Å². The number of nitrogens with zero attached hydrogens (tertiary/aromatic N) is 5. The van der Waals surface area contributed by atoms with Crippen LogP contribution in [0, 0.1) is 12.7 Å². The zero-order valence-corrected chi connectivity index (χ0v) is 23.4. The highest BCUT2D eigenvalue weighted by atomic mass is 19.1. The highest BCUT2D eigenvalue weighted by molar-refractivity contribution is 6.00. The van der Waals surface area contributed by atoms with Crippen LogP contribution >= 0.6 is 0 Å². The largest absolute Gasteiger partial charge is 0.495 e. The fourth-order valence-electron chi connectivity index (χ4n) is 4.13. The molecule has 3 heterocycles. The molecule has 8 heteroatoms. The summed E-state index contributed by atoms with van der Waals surface area (Å²) < 4.78 is 27.3. The number of ether oxygens (including phenoxy) is 2. The van der Waals surface area contributed by atoms with E-state index in [0.717, 1.165) is 34.1 Å². The van der Waals surface area contributed by atoms with Crippen molar-refractivity contribution in [2.45, 2.75) is 48.0 Å². The van der Waals surface area contributed by atoms with Gasteiger partial charge >= 0.3 is 0 Å². The molecule has 1 aromatic heterocycles. The summed E-state index contributed by atoms with van der Waals surface area (Å²) in [5, 5.41) is 4.04. The van der Waals surface area contributed by atoms with Gasteiger partial charge in [-0.05, 0) is 55.8 Å². The van der Waals surface area contributed by atoms with E-state index >= 15 is 0 Å². The number of anilines is 1. The second-order valence-electron chi connectivity index (χ2n) is 8.20. The molecule has 2 aliphatic heterocycles. The lowest BCUT2D eigenvalue weighted by Crippen LogP contribution is -2.51. The standard InChI is InChI=1S/C26H26FN5O2.2C2H6/c1-18-15-30(17-28-18)23-6-4-5-20(13-24(23)33-3)14-25-26-29-19(2)16-32(31(26)11-12-34-25)22-9-7-21(27)8-10-22;2*1-2/h4-5,7-10,13-17H,6,11-12H2,1-3H3;2*1-2H3/b25-14-;;. The van der Waals surface area contributed by atoms with Gasteiger partial charge in [0.1, 0.15) is 18.2 Å². The van der Waals surface area contributed by atoms with E-state index in [0.29, 0.717) is 31.2 Å². The van der Waals surface area contributed by atoms with Crippen LogP contribution in [0.25, 0.3) is 5.70 Å². The monoisotopic (exact) mass is 519 g/mol. The van der Waals surface area contributed by atoms with Gasteiger partial charge < -0.3 is 14.0 Å². The van der Waals surface area contributed by atoms with Gasteiger partial charge in [-0.2, -0.15) is 0 Å². The molecule has 1 aliphatic carbocycles. The van der Waals surface area contributed by atoms with Crippen LogP contribution in [0.15, 0.2) is 95.1 Å². The summed E-state index contributed by atoms with van der Waals surface area (Å²) >= 11 is 0. The van der Waals surface area contributed by atoms with Crippen molar-refractivity contribution < 1.29 is 13.9 Å². The molecule has 0 saturated carbocycles. The zero-order valence-electron chi connectivity index (χ0n) is 23.4. The normalized spacial score (nSPS) is 17.6. The van der Waals surface area contributed by atoms with Crippen LogP contribution in [0.2, 0.25) is 0 Å². The summed E-state index contributed by atoms with van der Waals surface area (Å²) in [7, 11) is 1.67. The molecule has 2 aromatic rings. The molecule has 7 nitrogen and oxygen atoms in total. The lowest BCUT2D eigenvalue weighted by atomic mass is 10.1. The molecule has 0 radical (unpaired) electrons. The van der Waals surface area contributed by atoms with Crippen molar-refractivity contribution in [1.29, 1.82) is 0 Å². The maximum absolute atomic E-state index is 13.5. The van der Waals surface area contributed by atoms with Gasteiger partial charge in [-0.1, -0.05) is 39.8 Å². The molecule has 1 fully saturated rings. The van der Waals surface area contributed by atoms with Crippen molar-refractivity contribution in [3.63, 3.8) is 0 Å². The molecule has 0 unspecified atom stereocenters. The van der Waals surface area contributed by atoms with Gasteiger partial charge in [0.15, 0.2) is 11.6 Å². The zero-order chi connectivity index (χ0) is 27.7. The Bertz CT molecular complexity index is 1280. The third-order valence-corrected chi connectivity index (χ3v) is 5.71. The maximum atomic E-state index is 13.5. The second-order valence-corrected chi connectivity index (χ2v) is 8.20. The van der Waals surface area contributed by atoms with Crippen molar-refractivity contribution in [2.75, 3.05) is 25.3 Å². The molecule has 0 spiro atoms. The van der Waals surface area contributed by atoms with E-state index in [-0.39, 0.29) is 5.82 Å². The Labute approximate surface area is 225 Å². The van der Waals surface area contributed by atoms with Gasteiger partial charge in [-0.15, -0.1) is 0 Å². The fourth-order valence-corrected chi connectivity index (χ4v) is 4.13. The number of allylic oxidation sites excluding steroid dienone is 7. The highest BCUT2D eigenvalue weighted by Crippen LogP contribution is 2.29. The Kier molecular flexibility index (Phi) is 10.1. The first kappa shape index (κ1) is 28.5. The van der Waals surface area contributed by atoms with Gasteiger partial charge in [-0.3, -0.25) is 10.0 Å². The molecule has 3 aliphatic rings. The minimum atomic E-state index is -0.266. The number of morpholine rings is 1. The van der Waals surface area contributed by atoms with Crippen LogP contribution in [0.1, 0.15) is 46.7 Å². The molecule has 0 N–H and O–H groups in total. The maximum Gasteiger partial charge on any atom is 0.191 e. The van der Waals surface area contributed by atoms with Crippen LogP contribution < -0.4 is 5.01 Å². The first-order chi connectivity index (χ1) is 18.5. The number of hydrogen-bond acceptors (Lipinski definition) is 6. The molecular formula is C30H38FN5O2. The van der Waals surface area contributed by atoms with E-state index in [1.54, 1.807) is 25.6 Å². The average molecular weight is 520 g/mol. The van der Waals surface area contributed by atoms with Crippen molar-refractivity contribution in [3.8, 4) is 0 Å². The van der Waals surface area contributed by atoms with E-state index in [1.807, 2.05) is 80.7 Å². The Hall–Kier alpha value is -4.07. The molecule has 0 bridgehead atoms. The molecule has 1 saturated heterocycles. The number of rotatable bonds is 4. The van der Waals surface area contributed by atoms with Crippen molar-refractivity contribution in [1.82, 2.24) is 14.6 Å². The SMILES string of the molecule is CC.CC.COC1=C(n2cnc(C)c2)CC=CC(/C=C2\OCCN3C2=NC(C)=CN3c2ccc(F)cc2)=C1. The van der Waals surface area contributed by atoms with E-state index in [2.05, 4.69) is 17.1 Å².